The van der Waals surface area contributed by atoms with E-state index in [1.807, 2.05) is 109 Å². The van der Waals surface area contributed by atoms with Crippen molar-refractivity contribution in [3.63, 3.8) is 0 Å². The van der Waals surface area contributed by atoms with Crippen LogP contribution in [0.15, 0.2) is 115 Å². The maximum absolute atomic E-state index is 13.1. The molecule has 0 atom stereocenters. The van der Waals surface area contributed by atoms with Crippen LogP contribution < -0.4 is 4.74 Å². The number of esters is 1. The van der Waals surface area contributed by atoms with Gasteiger partial charge in [0.05, 0.1) is 13.2 Å². The van der Waals surface area contributed by atoms with Gasteiger partial charge in [0.15, 0.2) is 5.69 Å². The van der Waals surface area contributed by atoms with Crippen LogP contribution in [0.3, 0.4) is 0 Å². The first-order valence-electron chi connectivity index (χ1n) is 12.3. The van der Waals surface area contributed by atoms with Crippen molar-refractivity contribution in [2.24, 2.45) is 0 Å². The summed E-state index contributed by atoms with van der Waals surface area (Å²) >= 11 is 0. The molecule has 0 fully saturated rings. The molecule has 1 heterocycles. The highest BCUT2D eigenvalue weighted by molar-refractivity contribution is 5.96. The van der Waals surface area contributed by atoms with E-state index >= 15 is 0 Å². The summed E-state index contributed by atoms with van der Waals surface area (Å²) in [4.78, 5) is 17.5. The molecule has 0 aliphatic rings. The zero-order chi connectivity index (χ0) is 26.0. The molecule has 1 aromatic heterocycles. The largest absolute Gasteiger partial charge is 0.457 e. The number of fused-ring (bicyclic) bond motifs is 1. The topological polar surface area (TPSA) is 66.9 Å². The molecule has 6 nitrogen and oxygen atoms in total. The molecule has 190 valence electrons. The molecular weight excluding hydrogens is 478 g/mol. The molecule has 38 heavy (non-hydrogen) atoms. The Morgan fingerprint density at radius 3 is 2.00 bits per heavy atom. The molecule has 4 aromatic carbocycles. The molecular formula is C32H27NO5. The normalized spacial score (nSPS) is 10.8. The van der Waals surface area contributed by atoms with E-state index in [2.05, 4.69) is 4.98 Å². The molecule has 0 saturated heterocycles. The first kappa shape index (κ1) is 25.1. The van der Waals surface area contributed by atoms with Gasteiger partial charge in [0.25, 0.3) is 0 Å². The number of rotatable bonds is 11. The van der Waals surface area contributed by atoms with Crippen LogP contribution in [0.5, 0.6) is 11.5 Å². The molecule has 0 spiro atoms. The third kappa shape index (κ3) is 6.62. The monoisotopic (exact) mass is 505 g/mol. The summed E-state index contributed by atoms with van der Waals surface area (Å²) in [5.41, 5.74) is 2.80. The number of ether oxygens (including phenoxy) is 4. The highest BCUT2D eigenvalue weighted by atomic mass is 16.7. The first-order valence-corrected chi connectivity index (χ1v) is 12.3. The van der Waals surface area contributed by atoms with E-state index in [4.69, 9.17) is 18.9 Å². The third-order valence-corrected chi connectivity index (χ3v) is 5.88. The summed E-state index contributed by atoms with van der Waals surface area (Å²) in [6.07, 6.45) is 1.65. The van der Waals surface area contributed by atoms with Crippen LogP contribution in [-0.2, 0) is 34.0 Å². The van der Waals surface area contributed by atoms with Crippen molar-refractivity contribution in [3.05, 3.63) is 138 Å². The van der Waals surface area contributed by atoms with Crippen molar-refractivity contribution in [3.8, 4) is 11.5 Å². The van der Waals surface area contributed by atoms with Gasteiger partial charge in [-0.15, -0.1) is 0 Å². The summed E-state index contributed by atoms with van der Waals surface area (Å²) in [7, 11) is 0. The molecule has 6 heteroatoms. The SMILES string of the molecule is O=C(OCc1ccccc1)c1ncc2cc(Oc3ccccc3)ccc2c1COCOCc1ccccc1. The van der Waals surface area contributed by atoms with Crippen LogP contribution in [0.4, 0.5) is 0 Å². The maximum atomic E-state index is 13.1. The van der Waals surface area contributed by atoms with Crippen LogP contribution in [0.2, 0.25) is 0 Å². The quantitative estimate of drug-likeness (QED) is 0.109. The second kappa shape index (κ2) is 12.6. The van der Waals surface area contributed by atoms with Gasteiger partial charge in [-0.25, -0.2) is 9.78 Å². The average Bonchev–Trinajstić information content (AvgIpc) is 2.97. The Kier molecular flexibility index (Phi) is 8.36. The van der Waals surface area contributed by atoms with Gasteiger partial charge in [0.1, 0.15) is 24.9 Å². The van der Waals surface area contributed by atoms with Crippen molar-refractivity contribution < 1.29 is 23.7 Å². The lowest BCUT2D eigenvalue weighted by atomic mass is 10.0. The van der Waals surface area contributed by atoms with Gasteiger partial charge in [0.2, 0.25) is 0 Å². The van der Waals surface area contributed by atoms with E-state index in [-0.39, 0.29) is 25.7 Å². The summed E-state index contributed by atoms with van der Waals surface area (Å²) in [6.45, 7) is 0.789. The molecule has 0 N–H and O–H groups in total. The van der Waals surface area contributed by atoms with E-state index in [0.717, 1.165) is 27.6 Å². The van der Waals surface area contributed by atoms with Gasteiger partial charge < -0.3 is 18.9 Å². The van der Waals surface area contributed by atoms with Crippen molar-refractivity contribution >= 4 is 16.7 Å². The highest BCUT2D eigenvalue weighted by Gasteiger charge is 2.19. The summed E-state index contributed by atoms with van der Waals surface area (Å²) in [6, 6.07) is 34.6. The Morgan fingerprint density at radius 1 is 0.658 bits per heavy atom. The lowest BCUT2D eigenvalue weighted by molar-refractivity contribution is -0.0689. The van der Waals surface area contributed by atoms with E-state index in [0.29, 0.717) is 17.9 Å². The minimum atomic E-state index is -0.510. The maximum Gasteiger partial charge on any atom is 0.357 e. The number of para-hydroxylation sites is 1. The Morgan fingerprint density at radius 2 is 1.29 bits per heavy atom. The van der Waals surface area contributed by atoms with Gasteiger partial charge in [-0.1, -0.05) is 84.9 Å². The summed E-state index contributed by atoms with van der Waals surface area (Å²) < 4.78 is 23.0. The number of pyridine rings is 1. The number of benzene rings is 4. The number of hydrogen-bond acceptors (Lipinski definition) is 6. The van der Waals surface area contributed by atoms with E-state index in [1.165, 1.54) is 0 Å². The minimum Gasteiger partial charge on any atom is -0.457 e. The number of hydrogen-bond donors (Lipinski definition) is 0. The smallest absolute Gasteiger partial charge is 0.357 e. The second-order valence-corrected chi connectivity index (χ2v) is 8.61. The molecule has 0 unspecified atom stereocenters. The molecule has 0 aliphatic carbocycles. The predicted octanol–water partition coefficient (Wildman–Crippen LogP) is 7.08. The Hall–Kier alpha value is -4.52. The van der Waals surface area contributed by atoms with Crippen LogP contribution in [0.25, 0.3) is 10.8 Å². The van der Waals surface area contributed by atoms with Crippen LogP contribution >= 0.6 is 0 Å². The lowest BCUT2D eigenvalue weighted by Crippen LogP contribution is -2.13. The molecule has 0 aliphatic heterocycles. The summed E-state index contributed by atoms with van der Waals surface area (Å²) in [5, 5.41) is 1.65. The molecule has 5 aromatic rings. The zero-order valence-electron chi connectivity index (χ0n) is 20.8. The molecule has 0 bridgehead atoms. The van der Waals surface area contributed by atoms with Gasteiger partial charge in [0, 0.05) is 17.1 Å². The highest BCUT2D eigenvalue weighted by Crippen LogP contribution is 2.29. The number of carbonyl (C=O) groups is 1. The van der Waals surface area contributed by atoms with E-state index < -0.39 is 5.97 Å². The molecule has 0 amide bonds. The van der Waals surface area contributed by atoms with Gasteiger partial charge in [-0.2, -0.15) is 0 Å². The zero-order valence-corrected chi connectivity index (χ0v) is 20.8. The fourth-order valence-corrected chi connectivity index (χ4v) is 4.00. The van der Waals surface area contributed by atoms with Crippen molar-refractivity contribution in [2.75, 3.05) is 6.79 Å². The Balaban J connectivity index is 1.34. The minimum absolute atomic E-state index is 0.0684. The number of carbonyl (C=O) groups excluding carboxylic acids is 1. The second-order valence-electron chi connectivity index (χ2n) is 8.61. The van der Waals surface area contributed by atoms with Crippen molar-refractivity contribution in [2.45, 2.75) is 19.8 Å². The van der Waals surface area contributed by atoms with Crippen molar-refractivity contribution in [1.29, 1.82) is 0 Å². The molecule has 0 saturated carbocycles. The third-order valence-electron chi connectivity index (χ3n) is 5.88. The summed E-state index contributed by atoms with van der Waals surface area (Å²) in [5.74, 6) is 0.896. The predicted molar refractivity (Wildman–Crippen MR) is 145 cm³/mol. The fourth-order valence-electron chi connectivity index (χ4n) is 4.00. The van der Waals surface area contributed by atoms with E-state index in [1.54, 1.807) is 6.20 Å². The Bertz CT molecular complexity index is 1470. The number of aromatic nitrogens is 1. The molecule has 0 radical (unpaired) electrons. The average molecular weight is 506 g/mol. The van der Waals surface area contributed by atoms with Gasteiger partial charge in [-0.3, -0.25) is 0 Å². The molecule has 5 rings (SSSR count). The Labute approximate surface area is 221 Å². The van der Waals surface area contributed by atoms with Gasteiger partial charge >= 0.3 is 5.97 Å². The van der Waals surface area contributed by atoms with Crippen molar-refractivity contribution in [1.82, 2.24) is 4.98 Å². The first-order chi connectivity index (χ1) is 18.8. The van der Waals surface area contributed by atoms with Crippen LogP contribution in [0, 0.1) is 0 Å². The van der Waals surface area contributed by atoms with Gasteiger partial charge in [-0.05, 0) is 40.8 Å². The van der Waals surface area contributed by atoms with Crippen LogP contribution in [-0.4, -0.2) is 17.7 Å². The number of nitrogens with zero attached hydrogens (tertiary/aromatic N) is 1. The fraction of sp³-hybridized carbons (Fsp3) is 0.125. The lowest BCUT2D eigenvalue weighted by Gasteiger charge is -2.14. The standard InChI is InChI=1S/C32H27NO5/c34-32(37-21-25-12-6-2-7-13-25)31-30(22-36-23-35-20-24-10-4-1-5-11-24)29-17-16-28(18-26(29)19-33-31)38-27-14-8-3-9-15-27/h1-19H,20-23H2. The van der Waals surface area contributed by atoms with E-state index in [9.17, 15) is 4.79 Å². The van der Waals surface area contributed by atoms with Crippen LogP contribution in [0.1, 0.15) is 27.2 Å².